The van der Waals surface area contributed by atoms with E-state index in [2.05, 4.69) is 32.9 Å². The van der Waals surface area contributed by atoms with Crippen LogP contribution >= 0.6 is 22.6 Å². The molecule has 6 nitrogen and oxygen atoms in total. The van der Waals surface area contributed by atoms with E-state index < -0.39 is 20.6 Å². The SMILES string of the molecule is CC(C)COC(=O)[C@@](C)(CCNCc1cc(I)c[nH]1)S(C)(=O)=O. The smallest absolute Gasteiger partial charge is 0.327 e. The molecule has 0 aliphatic carbocycles. The third kappa shape index (κ3) is 6.07. The lowest BCUT2D eigenvalue weighted by molar-refractivity contribution is -0.147. The maximum Gasteiger partial charge on any atom is 0.327 e. The molecule has 0 fully saturated rings. The predicted octanol–water partition coefficient (Wildman–Crippen LogP) is 2.10. The Kier molecular flexibility index (Phi) is 7.53. The number of hydrogen-bond donors (Lipinski definition) is 2. The summed E-state index contributed by atoms with van der Waals surface area (Å²) in [7, 11) is -3.58. The molecule has 23 heavy (non-hydrogen) atoms. The summed E-state index contributed by atoms with van der Waals surface area (Å²) in [5.74, 6) is -0.513. The number of hydrogen-bond acceptors (Lipinski definition) is 5. The van der Waals surface area contributed by atoms with E-state index in [0.29, 0.717) is 13.1 Å². The highest BCUT2D eigenvalue weighted by molar-refractivity contribution is 14.1. The number of carbonyl (C=O) groups is 1. The molecule has 0 aliphatic rings. The topological polar surface area (TPSA) is 88.3 Å². The van der Waals surface area contributed by atoms with Gasteiger partial charge in [0.15, 0.2) is 14.6 Å². The van der Waals surface area contributed by atoms with Crippen LogP contribution in [-0.2, 0) is 25.9 Å². The van der Waals surface area contributed by atoms with Crippen molar-refractivity contribution in [3.63, 3.8) is 0 Å². The van der Waals surface area contributed by atoms with Gasteiger partial charge in [0.1, 0.15) is 0 Å². The van der Waals surface area contributed by atoms with Gasteiger partial charge in [-0.05, 0) is 54.5 Å². The summed E-state index contributed by atoms with van der Waals surface area (Å²) in [5, 5.41) is 3.16. The number of rotatable bonds is 9. The van der Waals surface area contributed by atoms with Gasteiger partial charge in [0.2, 0.25) is 0 Å². The fourth-order valence-corrected chi connectivity index (χ4v) is 3.26. The van der Waals surface area contributed by atoms with Gasteiger partial charge in [-0.3, -0.25) is 4.79 Å². The number of halogens is 1. The first kappa shape index (κ1) is 20.4. The Hall–Kier alpha value is -0.610. The second-order valence-corrected chi connectivity index (χ2v) is 9.96. The molecular formula is C15H25IN2O4S. The van der Waals surface area contributed by atoms with Gasteiger partial charge in [0, 0.05) is 28.3 Å². The Balaban J connectivity index is 2.62. The Morgan fingerprint density at radius 3 is 2.61 bits per heavy atom. The highest BCUT2D eigenvalue weighted by atomic mass is 127. The number of esters is 1. The summed E-state index contributed by atoms with van der Waals surface area (Å²) >= 11 is 2.21. The van der Waals surface area contributed by atoms with Gasteiger partial charge < -0.3 is 15.0 Å². The summed E-state index contributed by atoms with van der Waals surface area (Å²) < 4.78 is 28.9. The molecule has 1 atom stereocenters. The highest BCUT2D eigenvalue weighted by Gasteiger charge is 2.44. The maximum atomic E-state index is 12.2. The third-order valence-electron chi connectivity index (χ3n) is 3.60. The second kappa shape index (κ2) is 8.48. The zero-order valence-electron chi connectivity index (χ0n) is 14.0. The fourth-order valence-electron chi connectivity index (χ4n) is 1.90. The molecule has 0 bridgehead atoms. The number of H-pyrrole nitrogens is 1. The van der Waals surface area contributed by atoms with Crippen LogP contribution < -0.4 is 5.32 Å². The molecule has 0 aliphatic heterocycles. The monoisotopic (exact) mass is 456 g/mol. The van der Waals surface area contributed by atoms with Crippen molar-refractivity contribution in [3.8, 4) is 0 Å². The highest BCUT2D eigenvalue weighted by Crippen LogP contribution is 2.23. The van der Waals surface area contributed by atoms with Crippen LogP contribution in [0, 0.1) is 9.49 Å². The molecule has 0 saturated carbocycles. The molecule has 0 unspecified atom stereocenters. The lowest BCUT2D eigenvalue weighted by atomic mass is 10.1. The van der Waals surface area contributed by atoms with Crippen molar-refractivity contribution in [1.29, 1.82) is 0 Å². The molecule has 0 amide bonds. The fraction of sp³-hybridized carbons (Fsp3) is 0.667. The van der Waals surface area contributed by atoms with Gasteiger partial charge >= 0.3 is 5.97 Å². The second-order valence-electron chi connectivity index (χ2n) is 6.27. The van der Waals surface area contributed by atoms with E-state index >= 15 is 0 Å². The molecular weight excluding hydrogens is 431 g/mol. The standard InChI is InChI=1S/C15H25IN2O4S/c1-11(2)10-22-14(19)15(3,23(4,20)21)5-6-17-9-13-7-12(16)8-18-13/h7-8,11,17-18H,5-6,9-10H2,1-4H3/t15-/m1/s1. The minimum Gasteiger partial charge on any atom is -0.464 e. The lowest BCUT2D eigenvalue weighted by Gasteiger charge is -2.26. The average Bonchev–Trinajstić information content (AvgIpc) is 2.85. The van der Waals surface area contributed by atoms with Crippen molar-refractivity contribution in [2.24, 2.45) is 5.92 Å². The van der Waals surface area contributed by atoms with Crippen LogP contribution in [0.5, 0.6) is 0 Å². The number of nitrogens with one attached hydrogen (secondary N) is 2. The Bertz CT molecular complexity index is 627. The first-order chi connectivity index (χ1) is 10.6. The molecule has 1 heterocycles. The summed E-state index contributed by atoms with van der Waals surface area (Å²) in [6.07, 6.45) is 3.14. The van der Waals surface area contributed by atoms with Crippen molar-refractivity contribution in [2.75, 3.05) is 19.4 Å². The van der Waals surface area contributed by atoms with E-state index in [1.165, 1.54) is 6.92 Å². The first-order valence-corrected chi connectivity index (χ1v) is 10.4. The van der Waals surface area contributed by atoms with Crippen LogP contribution in [0.3, 0.4) is 0 Å². The van der Waals surface area contributed by atoms with Crippen molar-refractivity contribution >= 4 is 38.4 Å². The Labute approximate surface area is 151 Å². The largest absolute Gasteiger partial charge is 0.464 e. The number of aromatic amines is 1. The molecule has 2 N–H and O–H groups in total. The zero-order chi connectivity index (χ0) is 17.7. The molecule has 1 aromatic rings. The summed E-state index contributed by atoms with van der Waals surface area (Å²) in [4.78, 5) is 15.4. The van der Waals surface area contributed by atoms with Gasteiger partial charge in [-0.1, -0.05) is 13.8 Å². The van der Waals surface area contributed by atoms with Crippen LogP contribution in [0.1, 0.15) is 32.9 Å². The summed E-state index contributed by atoms with van der Waals surface area (Å²) in [5.41, 5.74) is 1.01. The molecule has 0 saturated heterocycles. The van der Waals surface area contributed by atoms with Gasteiger partial charge in [-0.25, -0.2) is 8.42 Å². The molecule has 132 valence electrons. The molecule has 1 rings (SSSR count). The normalized spacial score (nSPS) is 14.7. The molecule has 8 heteroatoms. The van der Waals surface area contributed by atoms with E-state index in [-0.39, 0.29) is 18.9 Å². The summed E-state index contributed by atoms with van der Waals surface area (Å²) in [6, 6.07) is 2.00. The van der Waals surface area contributed by atoms with E-state index in [9.17, 15) is 13.2 Å². The lowest BCUT2D eigenvalue weighted by Crippen LogP contribution is -2.46. The first-order valence-electron chi connectivity index (χ1n) is 7.46. The van der Waals surface area contributed by atoms with Gasteiger partial charge in [0.05, 0.1) is 6.61 Å². The predicted molar refractivity (Wildman–Crippen MR) is 98.9 cm³/mol. The maximum absolute atomic E-state index is 12.2. The van der Waals surface area contributed by atoms with E-state index in [4.69, 9.17) is 4.74 Å². The number of sulfone groups is 1. The van der Waals surface area contributed by atoms with Crippen molar-refractivity contribution < 1.29 is 17.9 Å². The molecule has 0 radical (unpaired) electrons. The quantitative estimate of drug-likeness (QED) is 0.338. The van der Waals surface area contributed by atoms with Crippen LogP contribution in [0.2, 0.25) is 0 Å². The number of ether oxygens (including phenoxy) is 1. The van der Waals surface area contributed by atoms with Gasteiger partial charge in [0.25, 0.3) is 0 Å². The van der Waals surface area contributed by atoms with E-state index in [0.717, 1.165) is 15.5 Å². The van der Waals surface area contributed by atoms with Crippen LogP contribution in [0.25, 0.3) is 0 Å². The van der Waals surface area contributed by atoms with Gasteiger partial charge in [-0.2, -0.15) is 0 Å². The van der Waals surface area contributed by atoms with E-state index in [1.54, 1.807) is 0 Å². The van der Waals surface area contributed by atoms with Crippen molar-refractivity contribution in [1.82, 2.24) is 10.3 Å². The Morgan fingerprint density at radius 1 is 1.48 bits per heavy atom. The minimum atomic E-state index is -3.58. The van der Waals surface area contributed by atoms with Crippen LogP contribution in [-0.4, -0.2) is 43.5 Å². The van der Waals surface area contributed by atoms with Crippen LogP contribution in [0.15, 0.2) is 12.3 Å². The number of aromatic nitrogens is 1. The van der Waals surface area contributed by atoms with Crippen molar-refractivity contribution in [3.05, 3.63) is 21.5 Å². The average molecular weight is 456 g/mol. The molecule has 0 spiro atoms. The number of carbonyl (C=O) groups excluding carboxylic acids is 1. The van der Waals surface area contributed by atoms with Gasteiger partial charge in [-0.15, -0.1) is 0 Å². The van der Waals surface area contributed by atoms with Crippen molar-refractivity contribution in [2.45, 2.75) is 38.5 Å². The minimum absolute atomic E-state index is 0.163. The summed E-state index contributed by atoms with van der Waals surface area (Å²) in [6.45, 7) is 6.46. The third-order valence-corrected chi connectivity index (χ3v) is 6.23. The zero-order valence-corrected chi connectivity index (χ0v) is 17.0. The van der Waals surface area contributed by atoms with E-state index in [1.807, 2.05) is 26.1 Å². The molecule has 0 aromatic carbocycles. The van der Waals surface area contributed by atoms with Crippen LogP contribution in [0.4, 0.5) is 0 Å². The molecule has 1 aromatic heterocycles. The Morgan fingerprint density at radius 2 is 2.13 bits per heavy atom.